The Balaban J connectivity index is 1.66. The largest absolute Gasteiger partial charge is 0.456 e. The van der Waals surface area contributed by atoms with Crippen molar-refractivity contribution >= 4 is 34.1 Å². The van der Waals surface area contributed by atoms with Crippen LogP contribution in [0.4, 0.5) is 10.8 Å². The van der Waals surface area contributed by atoms with Crippen LogP contribution in [0.2, 0.25) is 0 Å². The second-order valence-electron chi connectivity index (χ2n) is 7.27. The number of nitro groups is 1. The number of aryl methyl sites for hydroxylation is 1. The Labute approximate surface area is 194 Å². The first-order chi connectivity index (χ1) is 16.0. The summed E-state index contributed by atoms with van der Waals surface area (Å²) in [5.41, 5.74) is 0.0223. The van der Waals surface area contributed by atoms with Gasteiger partial charge >= 0.3 is 0 Å². The van der Waals surface area contributed by atoms with Crippen LogP contribution in [0.1, 0.15) is 49.8 Å². The van der Waals surface area contributed by atoms with E-state index in [9.17, 15) is 20.2 Å². The summed E-state index contributed by atoms with van der Waals surface area (Å²) in [5.74, 6) is -0.148. The summed E-state index contributed by atoms with van der Waals surface area (Å²) in [7, 11) is 0. The lowest BCUT2D eigenvalue weighted by Crippen LogP contribution is -2.13. The van der Waals surface area contributed by atoms with Gasteiger partial charge in [-0.25, -0.2) is 0 Å². The predicted molar refractivity (Wildman–Crippen MR) is 125 cm³/mol. The van der Waals surface area contributed by atoms with E-state index < -0.39 is 10.8 Å². The number of nitrogens with one attached hydrogen (secondary N) is 1. The molecular weight excluding hydrogens is 442 g/mol. The van der Waals surface area contributed by atoms with Gasteiger partial charge in [0.2, 0.25) is 5.13 Å². The smallest absolute Gasteiger partial charge is 0.280 e. The van der Waals surface area contributed by atoms with Gasteiger partial charge in [0.05, 0.1) is 10.5 Å². The van der Waals surface area contributed by atoms with E-state index in [-0.39, 0.29) is 22.8 Å². The number of furan rings is 1. The number of unbranched alkanes of at least 4 members (excludes halogenated alkanes) is 4. The molecule has 33 heavy (non-hydrogen) atoms. The Kier molecular flexibility index (Phi) is 8.43. The van der Waals surface area contributed by atoms with E-state index in [1.165, 1.54) is 48.8 Å². The summed E-state index contributed by atoms with van der Waals surface area (Å²) >= 11 is 1.29. The van der Waals surface area contributed by atoms with Crippen LogP contribution in [0.5, 0.6) is 0 Å². The molecule has 170 valence electrons. The normalized spacial score (nSPS) is 11.2. The average Bonchev–Trinajstić information content (AvgIpc) is 3.46. The van der Waals surface area contributed by atoms with Crippen molar-refractivity contribution in [1.82, 2.24) is 10.2 Å². The number of amides is 1. The maximum Gasteiger partial charge on any atom is 0.280 e. The van der Waals surface area contributed by atoms with Gasteiger partial charge < -0.3 is 4.42 Å². The molecule has 0 unspecified atom stereocenters. The van der Waals surface area contributed by atoms with E-state index in [1.54, 1.807) is 24.3 Å². The highest BCUT2D eigenvalue weighted by Gasteiger charge is 2.18. The minimum absolute atomic E-state index is 0.0990. The fourth-order valence-electron chi connectivity index (χ4n) is 3.16. The maximum atomic E-state index is 12.5. The Bertz CT molecular complexity index is 1190. The Hall–Kier alpha value is -3.84. The summed E-state index contributed by atoms with van der Waals surface area (Å²) in [6.45, 7) is 2.17. The summed E-state index contributed by atoms with van der Waals surface area (Å²) in [6, 6.07) is 11.1. The molecule has 1 amide bonds. The monoisotopic (exact) mass is 465 g/mol. The number of hydrogen-bond acceptors (Lipinski definition) is 8. The topological polar surface area (TPSA) is 135 Å². The summed E-state index contributed by atoms with van der Waals surface area (Å²) in [6.07, 6.45) is 7.85. The molecule has 3 aromatic rings. The SMILES string of the molecule is CCCCCCCc1nnc(NC(=O)/C(C#N)=C\c2ccc(-c3ccccc3[N+](=O)[O-])o2)s1. The molecule has 3 rings (SSSR count). The summed E-state index contributed by atoms with van der Waals surface area (Å²) in [5, 5.41) is 32.5. The van der Waals surface area contributed by atoms with Crippen molar-refractivity contribution in [1.29, 1.82) is 5.26 Å². The number of para-hydroxylation sites is 1. The van der Waals surface area contributed by atoms with E-state index >= 15 is 0 Å². The molecule has 0 bridgehead atoms. The number of benzene rings is 1. The van der Waals surface area contributed by atoms with Crippen molar-refractivity contribution in [2.24, 2.45) is 0 Å². The summed E-state index contributed by atoms with van der Waals surface area (Å²) < 4.78 is 5.63. The number of aromatic nitrogens is 2. The van der Waals surface area contributed by atoms with Crippen molar-refractivity contribution in [2.45, 2.75) is 45.4 Å². The first kappa shape index (κ1) is 23.8. The van der Waals surface area contributed by atoms with Crippen LogP contribution in [-0.4, -0.2) is 21.0 Å². The van der Waals surface area contributed by atoms with Gasteiger partial charge in [0, 0.05) is 18.6 Å². The van der Waals surface area contributed by atoms with E-state index in [0.717, 1.165) is 24.3 Å². The van der Waals surface area contributed by atoms with Crippen LogP contribution in [0, 0.1) is 21.4 Å². The lowest BCUT2D eigenvalue weighted by molar-refractivity contribution is -0.384. The molecule has 10 heteroatoms. The van der Waals surface area contributed by atoms with Gasteiger partial charge in [-0.2, -0.15) is 5.26 Å². The second-order valence-corrected chi connectivity index (χ2v) is 8.33. The van der Waals surface area contributed by atoms with E-state index in [2.05, 4.69) is 22.4 Å². The molecule has 9 nitrogen and oxygen atoms in total. The van der Waals surface area contributed by atoms with Crippen LogP contribution in [0.3, 0.4) is 0 Å². The quantitative estimate of drug-likeness (QED) is 0.125. The van der Waals surface area contributed by atoms with Gasteiger partial charge in [0.25, 0.3) is 11.6 Å². The number of carbonyl (C=O) groups is 1. The van der Waals surface area contributed by atoms with Gasteiger partial charge in [0.15, 0.2) is 0 Å². The highest BCUT2D eigenvalue weighted by Crippen LogP contribution is 2.31. The molecule has 0 aliphatic carbocycles. The molecule has 1 N–H and O–H groups in total. The molecule has 0 aliphatic rings. The highest BCUT2D eigenvalue weighted by atomic mass is 32.1. The van der Waals surface area contributed by atoms with Crippen molar-refractivity contribution in [3.05, 3.63) is 62.9 Å². The van der Waals surface area contributed by atoms with E-state index in [1.807, 2.05) is 6.07 Å². The number of hydrogen-bond donors (Lipinski definition) is 1. The van der Waals surface area contributed by atoms with Gasteiger partial charge in [-0.1, -0.05) is 56.1 Å². The van der Waals surface area contributed by atoms with Crippen LogP contribution < -0.4 is 5.32 Å². The third-order valence-corrected chi connectivity index (χ3v) is 5.72. The first-order valence-corrected chi connectivity index (χ1v) is 11.4. The number of carbonyl (C=O) groups excluding carboxylic acids is 1. The third-order valence-electron chi connectivity index (χ3n) is 4.83. The van der Waals surface area contributed by atoms with Crippen molar-refractivity contribution in [2.75, 3.05) is 5.32 Å². The zero-order valence-electron chi connectivity index (χ0n) is 18.1. The van der Waals surface area contributed by atoms with Gasteiger partial charge in [-0.3, -0.25) is 20.2 Å². The molecule has 0 saturated heterocycles. The molecule has 0 atom stereocenters. The number of anilines is 1. The van der Waals surface area contributed by atoms with Gasteiger partial charge in [-0.15, -0.1) is 10.2 Å². The molecule has 0 saturated carbocycles. The lowest BCUT2D eigenvalue weighted by atomic mass is 10.1. The number of nitriles is 1. The fourth-order valence-corrected chi connectivity index (χ4v) is 3.93. The minimum atomic E-state index is -0.633. The van der Waals surface area contributed by atoms with Gasteiger partial charge in [0.1, 0.15) is 28.2 Å². The molecule has 2 aromatic heterocycles. The van der Waals surface area contributed by atoms with Crippen molar-refractivity contribution in [3.63, 3.8) is 0 Å². The minimum Gasteiger partial charge on any atom is -0.456 e. The fraction of sp³-hybridized carbons (Fsp3) is 0.304. The second kappa shape index (κ2) is 11.7. The molecule has 0 radical (unpaired) electrons. The maximum absolute atomic E-state index is 12.5. The van der Waals surface area contributed by atoms with Crippen molar-refractivity contribution < 1.29 is 14.1 Å². The zero-order valence-corrected chi connectivity index (χ0v) is 18.9. The van der Waals surface area contributed by atoms with E-state index in [4.69, 9.17) is 4.42 Å². The zero-order chi connectivity index (χ0) is 23.6. The molecule has 0 fully saturated rings. The lowest BCUT2D eigenvalue weighted by Gasteiger charge is -2.00. The standard InChI is InChI=1S/C23H23N5O4S/c1-2-3-4-5-6-11-21-26-27-23(33-21)25-22(29)16(15-24)14-17-12-13-20(32-17)18-9-7-8-10-19(18)28(30)31/h7-10,12-14H,2-6,11H2,1H3,(H,25,27,29)/b16-14-. The average molecular weight is 466 g/mol. The predicted octanol–water partition coefficient (Wildman–Crippen LogP) is 5.76. The number of rotatable bonds is 11. The Morgan fingerprint density at radius 1 is 1.21 bits per heavy atom. The van der Waals surface area contributed by atoms with Gasteiger partial charge in [-0.05, 0) is 24.6 Å². The number of nitrogens with zero attached hydrogens (tertiary/aromatic N) is 4. The Morgan fingerprint density at radius 2 is 2.00 bits per heavy atom. The molecule has 0 spiro atoms. The van der Waals surface area contributed by atoms with Crippen LogP contribution in [0.15, 0.2) is 46.4 Å². The number of nitro benzene ring substituents is 1. The first-order valence-electron chi connectivity index (χ1n) is 10.6. The van der Waals surface area contributed by atoms with E-state index in [0.29, 0.717) is 10.7 Å². The van der Waals surface area contributed by atoms with Crippen LogP contribution in [0.25, 0.3) is 17.4 Å². The Morgan fingerprint density at radius 3 is 2.76 bits per heavy atom. The molecular formula is C23H23N5O4S. The molecule has 1 aromatic carbocycles. The molecule has 2 heterocycles. The third kappa shape index (κ3) is 6.57. The highest BCUT2D eigenvalue weighted by molar-refractivity contribution is 7.15. The summed E-state index contributed by atoms with van der Waals surface area (Å²) in [4.78, 5) is 23.3. The molecule has 0 aliphatic heterocycles. The van der Waals surface area contributed by atoms with Crippen LogP contribution in [-0.2, 0) is 11.2 Å². The van der Waals surface area contributed by atoms with Crippen LogP contribution >= 0.6 is 11.3 Å². The van der Waals surface area contributed by atoms with Crippen molar-refractivity contribution in [3.8, 4) is 17.4 Å².